The van der Waals surface area contributed by atoms with Crippen molar-refractivity contribution in [2.24, 2.45) is 0 Å². The molecule has 0 radical (unpaired) electrons. The molecule has 1 N–H and O–H groups in total. The summed E-state index contributed by atoms with van der Waals surface area (Å²) >= 11 is 5.92. The first-order chi connectivity index (χ1) is 11.0. The Balaban J connectivity index is 2.30. The predicted molar refractivity (Wildman–Crippen MR) is 89.1 cm³/mol. The highest BCUT2D eigenvalue weighted by Crippen LogP contribution is 2.25. The lowest BCUT2D eigenvalue weighted by molar-refractivity contribution is 0.0695. The Morgan fingerprint density at radius 2 is 2.00 bits per heavy atom. The zero-order valence-electron chi connectivity index (χ0n) is 12.3. The average Bonchev–Trinajstić information content (AvgIpc) is 2.54. The van der Waals surface area contributed by atoms with E-state index in [4.69, 9.17) is 11.6 Å². The minimum atomic E-state index is -1.22. The van der Waals surface area contributed by atoms with Gasteiger partial charge in [-0.15, -0.1) is 0 Å². The average molecular weight is 329 g/mol. The molecule has 0 saturated heterocycles. The fraction of sp³-hybridized carbons (Fsp3) is 0.118. The minimum Gasteiger partial charge on any atom is -0.477 e. The standard InChI is InChI=1S/C17H13ClN2O3/c1-2-20-9-13(17(22)23)16(21)12-4-3-10(7-14(12)20)11-5-6-19-15(18)8-11/h3-9H,2H2,1H3,(H,22,23). The van der Waals surface area contributed by atoms with Crippen molar-refractivity contribution in [3.05, 3.63) is 63.7 Å². The van der Waals surface area contributed by atoms with Gasteiger partial charge in [-0.2, -0.15) is 0 Å². The van der Waals surface area contributed by atoms with E-state index in [9.17, 15) is 14.7 Å². The maximum absolute atomic E-state index is 12.3. The molecule has 23 heavy (non-hydrogen) atoms. The minimum absolute atomic E-state index is 0.223. The van der Waals surface area contributed by atoms with E-state index in [0.29, 0.717) is 22.6 Å². The first kappa shape index (κ1) is 15.2. The molecule has 2 heterocycles. The number of aromatic nitrogens is 2. The van der Waals surface area contributed by atoms with Crippen LogP contribution in [-0.4, -0.2) is 20.6 Å². The van der Waals surface area contributed by atoms with E-state index >= 15 is 0 Å². The molecule has 6 heteroatoms. The van der Waals surface area contributed by atoms with Crippen molar-refractivity contribution in [1.82, 2.24) is 9.55 Å². The van der Waals surface area contributed by atoms with Crippen LogP contribution >= 0.6 is 11.6 Å². The van der Waals surface area contributed by atoms with Crippen molar-refractivity contribution >= 4 is 28.5 Å². The van der Waals surface area contributed by atoms with Gasteiger partial charge in [0.25, 0.3) is 0 Å². The summed E-state index contributed by atoms with van der Waals surface area (Å²) < 4.78 is 1.76. The van der Waals surface area contributed by atoms with Gasteiger partial charge in [-0.3, -0.25) is 4.79 Å². The van der Waals surface area contributed by atoms with Crippen LogP contribution in [0.15, 0.2) is 47.5 Å². The zero-order valence-corrected chi connectivity index (χ0v) is 13.0. The molecule has 0 unspecified atom stereocenters. The molecular formula is C17H13ClN2O3. The van der Waals surface area contributed by atoms with Gasteiger partial charge < -0.3 is 9.67 Å². The SMILES string of the molecule is CCn1cc(C(=O)O)c(=O)c2ccc(-c3ccnc(Cl)c3)cc21. The highest BCUT2D eigenvalue weighted by Gasteiger charge is 2.14. The molecule has 116 valence electrons. The summed E-state index contributed by atoms with van der Waals surface area (Å²) in [6.07, 6.45) is 3.00. The Hall–Kier alpha value is -2.66. The highest BCUT2D eigenvalue weighted by atomic mass is 35.5. The number of rotatable bonds is 3. The van der Waals surface area contributed by atoms with Crippen LogP contribution in [0.5, 0.6) is 0 Å². The topological polar surface area (TPSA) is 72.2 Å². The Labute approximate surface area is 136 Å². The number of hydrogen-bond donors (Lipinski definition) is 1. The molecule has 5 nitrogen and oxygen atoms in total. The highest BCUT2D eigenvalue weighted by molar-refractivity contribution is 6.29. The van der Waals surface area contributed by atoms with Gasteiger partial charge in [-0.25, -0.2) is 9.78 Å². The maximum atomic E-state index is 12.3. The third-order valence-corrected chi connectivity index (χ3v) is 3.92. The summed E-state index contributed by atoms with van der Waals surface area (Å²) in [5.74, 6) is -1.22. The number of carboxylic acids is 1. The van der Waals surface area contributed by atoms with Crippen LogP contribution in [0.1, 0.15) is 17.3 Å². The molecule has 0 bridgehead atoms. The molecule has 0 aliphatic rings. The number of aromatic carboxylic acids is 1. The van der Waals surface area contributed by atoms with Crippen LogP contribution in [0.3, 0.4) is 0 Å². The van der Waals surface area contributed by atoms with E-state index < -0.39 is 11.4 Å². The van der Waals surface area contributed by atoms with Crippen molar-refractivity contribution < 1.29 is 9.90 Å². The number of benzene rings is 1. The van der Waals surface area contributed by atoms with Gasteiger partial charge in [-0.1, -0.05) is 17.7 Å². The number of nitrogens with zero attached hydrogens (tertiary/aromatic N) is 2. The van der Waals surface area contributed by atoms with Crippen molar-refractivity contribution in [2.75, 3.05) is 0 Å². The number of fused-ring (bicyclic) bond motifs is 1. The number of halogens is 1. The van der Waals surface area contributed by atoms with Gasteiger partial charge in [0.1, 0.15) is 10.7 Å². The number of hydrogen-bond acceptors (Lipinski definition) is 3. The van der Waals surface area contributed by atoms with Gasteiger partial charge in [0, 0.05) is 24.3 Å². The Morgan fingerprint density at radius 3 is 2.65 bits per heavy atom. The second-order valence-electron chi connectivity index (χ2n) is 5.06. The van der Waals surface area contributed by atoms with Crippen LogP contribution in [0.4, 0.5) is 0 Å². The van der Waals surface area contributed by atoms with E-state index in [0.717, 1.165) is 11.1 Å². The summed E-state index contributed by atoms with van der Waals surface area (Å²) in [4.78, 5) is 27.5. The zero-order chi connectivity index (χ0) is 16.6. The molecule has 3 aromatic rings. The number of aryl methyl sites for hydroxylation is 1. The summed E-state index contributed by atoms with van der Waals surface area (Å²) in [6.45, 7) is 2.45. The van der Waals surface area contributed by atoms with Gasteiger partial charge in [0.2, 0.25) is 5.43 Å². The molecule has 0 amide bonds. The van der Waals surface area contributed by atoms with Crippen molar-refractivity contribution in [3.8, 4) is 11.1 Å². The third-order valence-electron chi connectivity index (χ3n) is 3.71. The first-order valence-electron chi connectivity index (χ1n) is 7.03. The van der Waals surface area contributed by atoms with E-state index in [1.807, 2.05) is 19.1 Å². The van der Waals surface area contributed by atoms with Gasteiger partial charge in [0.05, 0.1) is 5.52 Å². The fourth-order valence-electron chi connectivity index (χ4n) is 2.57. The third kappa shape index (κ3) is 2.71. The molecular weight excluding hydrogens is 316 g/mol. The van der Waals surface area contributed by atoms with Crippen LogP contribution in [0, 0.1) is 0 Å². The molecule has 0 atom stereocenters. The molecule has 2 aromatic heterocycles. The van der Waals surface area contributed by atoms with Crippen molar-refractivity contribution in [3.63, 3.8) is 0 Å². The first-order valence-corrected chi connectivity index (χ1v) is 7.41. The quantitative estimate of drug-likeness (QED) is 0.748. The number of carbonyl (C=O) groups is 1. The Bertz CT molecular complexity index is 979. The molecule has 0 aliphatic carbocycles. The van der Waals surface area contributed by atoms with Crippen LogP contribution < -0.4 is 5.43 Å². The normalized spacial score (nSPS) is 10.9. The summed E-state index contributed by atoms with van der Waals surface area (Å²) in [6, 6.07) is 8.86. The van der Waals surface area contributed by atoms with Gasteiger partial charge in [0.15, 0.2) is 0 Å². The van der Waals surface area contributed by atoms with Crippen molar-refractivity contribution in [1.29, 1.82) is 0 Å². The monoisotopic (exact) mass is 328 g/mol. The molecule has 0 aliphatic heterocycles. The summed E-state index contributed by atoms with van der Waals surface area (Å²) in [5, 5.41) is 9.94. The predicted octanol–water partition coefficient (Wildman–Crippen LogP) is 3.44. The second kappa shape index (κ2) is 5.85. The lowest BCUT2D eigenvalue weighted by atomic mass is 10.0. The molecule has 3 rings (SSSR count). The Kier molecular flexibility index (Phi) is 3.88. The van der Waals surface area contributed by atoms with Gasteiger partial charge in [-0.05, 0) is 42.3 Å². The lowest BCUT2D eigenvalue weighted by Gasteiger charge is -2.12. The largest absolute Gasteiger partial charge is 0.477 e. The molecule has 1 aromatic carbocycles. The second-order valence-corrected chi connectivity index (χ2v) is 5.45. The number of pyridine rings is 2. The van der Waals surface area contributed by atoms with Crippen LogP contribution in [-0.2, 0) is 6.54 Å². The molecule has 0 spiro atoms. The smallest absolute Gasteiger partial charge is 0.341 e. The Morgan fingerprint density at radius 1 is 1.26 bits per heavy atom. The molecule has 0 saturated carbocycles. The van der Waals surface area contributed by atoms with E-state index in [-0.39, 0.29) is 5.56 Å². The molecule has 0 fully saturated rings. The van der Waals surface area contributed by atoms with Crippen molar-refractivity contribution in [2.45, 2.75) is 13.5 Å². The fourth-order valence-corrected chi connectivity index (χ4v) is 2.74. The van der Waals surface area contributed by atoms with E-state index in [1.165, 1.54) is 6.20 Å². The summed E-state index contributed by atoms with van der Waals surface area (Å²) in [5.41, 5.74) is 1.75. The van der Waals surface area contributed by atoms with E-state index in [1.54, 1.807) is 29.0 Å². The van der Waals surface area contributed by atoms with Crippen LogP contribution in [0.2, 0.25) is 5.15 Å². The lowest BCUT2D eigenvalue weighted by Crippen LogP contribution is -2.18. The summed E-state index contributed by atoms with van der Waals surface area (Å²) in [7, 11) is 0. The van der Waals surface area contributed by atoms with Crippen LogP contribution in [0.25, 0.3) is 22.0 Å². The van der Waals surface area contributed by atoms with Gasteiger partial charge >= 0.3 is 5.97 Å². The van der Waals surface area contributed by atoms with E-state index in [2.05, 4.69) is 4.98 Å². The maximum Gasteiger partial charge on any atom is 0.341 e. The number of carboxylic acid groups (broad SMARTS) is 1.